The molecule has 0 unspecified atom stereocenters. The molecule has 0 aliphatic carbocycles. The maximum absolute atomic E-state index is 4.41. The maximum atomic E-state index is 4.41. The van der Waals surface area contributed by atoms with Gasteiger partial charge in [0.2, 0.25) is 0 Å². The topological polar surface area (TPSA) is 12.4 Å². The van der Waals surface area contributed by atoms with Crippen LogP contribution < -0.4 is 0 Å². The average molecular weight is 221 g/mol. The van der Waals surface area contributed by atoms with Gasteiger partial charge in [0, 0.05) is 17.3 Å². The minimum atomic E-state index is 0.971. The van der Waals surface area contributed by atoms with E-state index in [1.165, 1.54) is 5.56 Å². The van der Waals surface area contributed by atoms with Gasteiger partial charge in [-0.2, -0.15) is 0 Å². The molecule has 0 saturated heterocycles. The number of nitrogens with zero attached hydrogens (tertiary/aromatic N) is 1. The van der Waals surface area contributed by atoms with Crippen LogP contribution in [-0.2, 0) is 0 Å². The molecule has 0 N–H and O–H groups in total. The van der Waals surface area contributed by atoms with E-state index in [0.29, 0.717) is 0 Å². The number of aryl methyl sites for hydroxylation is 1. The van der Waals surface area contributed by atoms with Gasteiger partial charge >= 0.3 is 0 Å². The summed E-state index contributed by atoms with van der Waals surface area (Å²) in [5.41, 5.74) is 4.45. The molecule has 0 radical (unpaired) electrons. The SMILES string of the molecule is C=CN=C(c1ccccc1)c1ccccc1C. The molecular formula is C16H15N. The van der Waals surface area contributed by atoms with Crippen molar-refractivity contribution in [1.82, 2.24) is 0 Å². The summed E-state index contributed by atoms with van der Waals surface area (Å²) in [6, 6.07) is 18.4. The second kappa shape index (κ2) is 5.26. The van der Waals surface area contributed by atoms with Crippen molar-refractivity contribution in [3.8, 4) is 0 Å². The molecule has 2 rings (SSSR count). The minimum absolute atomic E-state index is 0.971. The first-order valence-electron chi connectivity index (χ1n) is 5.63. The summed E-state index contributed by atoms with van der Waals surface area (Å²) in [7, 11) is 0. The highest BCUT2D eigenvalue weighted by Gasteiger charge is 2.07. The lowest BCUT2D eigenvalue weighted by Crippen LogP contribution is -2.04. The first kappa shape index (κ1) is 11.3. The monoisotopic (exact) mass is 221 g/mol. The quantitative estimate of drug-likeness (QED) is 0.695. The third kappa shape index (κ3) is 2.51. The van der Waals surface area contributed by atoms with Gasteiger partial charge in [-0.1, -0.05) is 61.2 Å². The van der Waals surface area contributed by atoms with Crippen LogP contribution in [0.5, 0.6) is 0 Å². The predicted molar refractivity (Wildman–Crippen MR) is 73.5 cm³/mol. The zero-order valence-corrected chi connectivity index (χ0v) is 9.93. The van der Waals surface area contributed by atoms with Crippen LogP contribution in [0.2, 0.25) is 0 Å². The second-order valence-electron chi connectivity index (χ2n) is 3.84. The number of hydrogen-bond donors (Lipinski definition) is 0. The Morgan fingerprint density at radius 1 is 1.00 bits per heavy atom. The number of hydrogen-bond acceptors (Lipinski definition) is 1. The maximum Gasteiger partial charge on any atom is 0.0776 e. The van der Waals surface area contributed by atoms with Crippen LogP contribution in [0.1, 0.15) is 16.7 Å². The van der Waals surface area contributed by atoms with E-state index in [-0.39, 0.29) is 0 Å². The largest absolute Gasteiger partial charge is 0.256 e. The van der Waals surface area contributed by atoms with Crippen LogP contribution in [0.15, 0.2) is 72.4 Å². The molecule has 0 amide bonds. The molecule has 0 aliphatic rings. The summed E-state index contributed by atoms with van der Waals surface area (Å²) < 4.78 is 0. The van der Waals surface area contributed by atoms with Crippen LogP contribution >= 0.6 is 0 Å². The molecule has 1 heteroatoms. The Balaban J connectivity index is 2.56. The van der Waals surface area contributed by atoms with Gasteiger partial charge in [-0.3, -0.25) is 4.99 Å². The van der Waals surface area contributed by atoms with Gasteiger partial charge in [0.05, 0.1) is 5.71 Å². The molecule has 1 nitrogen and oxygen atoms in total. The molecule has 0 bridgehead atoms. The van der Waals surface area contributed by atoms with Gasteiger partial charge in [0.25, 0.3) is 0 Å². The Bertz CT molecular complexity index is 538. The first-order chi connectivity index (χ1) is 8.33. The molecule has 2 aromatic carbocycles. The van der Waals surface area contributed by atoms with Gasteiger partial charge in [0.15, 0.2) is 0 Å². The standard InChI is InChI=1S/C16H15N/c1-3-17-16(14-10-5-4-6-11-14)15-12-8-7-9-13(15)2/h3-12H,1H2,2H3. The third-order valence-electron chi connectivity index (χ3n) is 2.67. The van der Waals surface area contributed by atoms with Crippen molar-refractivity contribution in [3.05, 3.63) is 84.1 Å². The Labute approximate surface area is 102 Å². The first-order valence-corrected chi connectivity index (χ1v) is 5.63. The van der Waals surface area contributed by atoms with Gasteiger partial charge in [-0.15, -0.1) is 0 Å². The van der Waals surface area contributed by atoms with Crippen molar-refractivity contribution in [3.63, 3.8) is 0 Å². The van der Waals surface area contributed by atoms with Crippen LogP contribution in [0.25, 0.3) is 0 Å². The summed E-state index contributed by atoms with van der Waals surface area (Å²) in [6.07, 6.45) is 1.59. The van der Waals surface area contributed by atoms with Gasteiger partial charge in [0.1, 0.15) is 0 Å². The molecule has 84 valence electrons. The van der Waals surface area contributed by atoms with Crippen molar-refractivity contribution in [1.29, 1.82) is 0 Å². The van der Waals surface area contributed by atoms with E-state index in [9.17, 15) is 0 Å². The van der Waals surface area contributed by atoms with Crippen LogP contribution in [0, 0.1) is 6.92 Å². The average Bonchev–Trinajstić information content (AvgIpc) is 2.38. The van der Waals surface area contributed by atoms with Crippen molar-refractivity contribution < 1.29 is 0 Å². The van der Waals surface area contributed by atoms with Crippen molar-refractivity contribution in [2.75, 3.05) is 0 Å². The molecule has 0 saturated carbocycles. The lowest BCUT2D eigenvalue weighted by Gasteiger charge is -2.09. The number of rotatable bonds is 3. The Morgan fingerprint density at radius 2 is 1.65 bits per heavy atom. The van der Waals surface area contributed by atoms with E-state index in [0.717, 1.165) is 16.8 Å². The molecule has 0 atom stereocenters. The van der Waals surface area contributed by atoms with E-state index >= 15 is 0 Å². The summed E-state index contributed by atoms with van der Waals surface area (Å²) in [4.78, 5) is 4.41. The number of benzene rings is 2. The smallest absolute Gasteiger partial charge is 0.0776 e. The normalized spacial score (nSPS) is 11.2. The Morgan fingerprint density at radius 3 is 2.29 bits per heavy atom. The highest BCUT2D eigenvalue weighted by molar-refractivity contribution is 6.13. The summed E-state index contributed by atoms with van der Waals surface area (Å²) in [5.74, 6) is 0. The Hall–Kier alpha value is -2.15. The Kier molecular flexibility index (Phi) is 3.51. The molecule has 17 heavy (non-hydrogen) atoms. The van der Waals surface area contributed by atoms with Gasteiger partial charge in [-0.25, -0.2) is 0 Å². The van der Waals surface area contributed by atoms with E-state index in [1.807, 2.05) is 30.3 Å². The fourth-order valence-corrected chi connectivity index (χ4v) is 1.83. The van der Waals surface area contributed by atoms with Gasteiger partial charge in [-0.05, 0) is 12.5 Å². The number of aliphatic imine (C=N–C) groups is 1. The zero-order chi connectivity index (χ0) is 12.1. The van der Waals surface area contributed by atoms with Gasteiger partial charge < -0.3 is 0 Å². The highest BCUT2D eigenvalue weighted by Crippen LogP contribution is 2.15. The van der Waals surface area contributed by atoms with Crippen molar-refractivity contribution in [2.45, 2.75) is 6.92 Å². The molecule has 0 aliphatic heterocycles. The molecular weight excluding hydrogens is 206 g/mol. The lowest BCUT2D eigenvalue weighted by atomic mass is 9.98. The molecule has 0 spiro atoms. The second-order valence-corrected chi connectivity index (χ2v) is 3.84. The zero-order valence-electron chi connectivity index (χ0n) is 9.93. The van der Waals surface area contributed by atoms with Crippen molar-refractivity contribution >= 4 is 5.71 Å². The van der Waals surface area contributed by atoms with E-state index in [1.54, 1.807) is 6.20 Å². The summed E-state index contributed by atoms with van der Waals surface area (Å²) in [6.45, 7) is 5.79. The van der Waals surface area contributed by atoms with E-state index in [4.69, 9.17) is 0 Å². The third-order valence-corrected chi connectivity index (χ3v) is 2.67. The molecule has 0 fully saturated rings. The van der Waals surface area contributed by atoms with Crippen LogP contribution in [-0.4, -0.2) is 5.71 Å². The highest BCUT2D eigenvalue weighted by atomic mass is 14.7. The van der Waals surface area contributed by atoms with Crippen LogP contribution in [0.4, 0.5) is 0 Å². The fraction of sp³-hybridized carbons (Fsp3) is 0.0625. The summed E-state index contributed by atoms with van der Waals surface area (Å²) >= 11 is 0. The predicted octanol–water partition coefficient (Wildman–Crippen LogP) is 3.98. The van der Waals surface area contributed by atoms with Crippen LogP contribution in [0.3, 0.4) is 0 Å². The molecule has 0 heterocycles. The molecule has 2 aromatic rings. The van der Waals surface area contributed by atoms with E-state index in [2.05, 4.69) is 42.8 Å². The van der Waals surface area contributed by atoms with Crippen molar-refractivity contribution in [2.24, 2.45) is 4.99 Å². The molecule has 0 aromatic heterocycles. The fourth-order valence-electron chi connectivity index (χ4n) is 1.83. The summed E-state index contributed by atoms with van der Waals surface area (Å²) in [5, 5.41) is 0. The lowest BCUT2D eigenvalue weighted by molar-refractivity contribution is 1.41. The minimum Gasteiger partial charge on any atom is -0.256 e. The van der Waals surface area contributed by atoms with E-state index < -0.39 is 0 Å².